The van der Waals surface area contributed by atoms with Gasteiger partial charge in [-0.3, -0.25) is 14.2 Å². The molecule has 0 spiro atoms. The molecule has 6 heteroatoms. The lowest BCUT2D eigenvalue weighted by atomic mass is 9.94. The van der Waals surface area contributed by atoms with Crippen LogP contribution in [0.1, 0.15) is 46.0 Å². The Bertz CT molecular complexity index is 829. The van der Waals surface area contributed by atoms with E-state index in [0.29, 0.717) is 23.3 Å². The van der Waals surface area contributed by atoms with E-state index in [-0.39, 0.29) is 23.4 Å². The molecule has 0 aliphatic rings. The molecule has 0 N–H and O–H groups in total. The number of hydrogen-bond donors (Lipinski definition) is 0. The van der Waals surface area contributed by atoms with Gasteiger partial charge in [-0.25, -0.2) is 4.98 Å². The number of halogens is 1. The van der Waals surface area contributed by atoms with E-state index in [1.54, 1.807) is 22.6 Å². The highest BCUT2D eigenvalue weighted by Crippen LogP contribution is 2.26. The molecule has 0 aliphatic carbocycles. The predicted molar refractivity (Wildman–Crippen MR) is 102 cm³/mol. The number of hydrogen-bond acceptors (Lipinski definition) is 3. The SMILES string of the molecule is CCCn1c(C(C)N(C)C(=O)C(C)(C)CCl)nc2ccccc2c1=O. The van der Waals surface area contributed by atoms with Gasteiger partial charge in [0.05, 0.1) is 22.4 Å². The molecule has 0 radical (unpaired) electrons. The topological polar surface area (TPSA) is 55.2 Å². The van der Waals surface area contributed by atoms with E-state index in [9.17, 15) is 9.59 Å². The van der Waals surface area contributed by atoms with Gasteiger partial charge in [-0.1, -0.05) is 19.1 Å². The zero-order chi connectivity index (χ0) is 18.8. The first-order valence-electron chi connectivity index (χ1n) is 8.57. The van der Waals surface area contributed by atoms with Gasteiger partial charge in [0.2, 0.25) is 5.91 Å². The normalized spacial score (nSPS) is 13.0. The van der Waals surface area contributed by atoms with Crippen molar-refractivity contribution in [2.45, 2.75) is 46.7 Å². The summed E-state index contributed by atoms with van der Waals surface area (Å²) in [5.41, 5.74) is -0.0805. The zero-order valence-corrected chi connectivity index (χ0v) is 16.3. The molecule has 136 valence electrons. The summed E-state index contributed by atoms with van der Waals surface area (Å²) in [6, 6.07) is 6.98. The fourth-order valence-corrected chi connectivity index (χ4v) is 2.94. The van der Waals surface area contributed by atoms with Crippen LogP contribution in [-0.2, 0) is 11.3 Å². The van der Waals surface area contributed by atoms with Gasteiger partial charge >= 0.3 is 0 Å². The lowest BCUT2D eigenvalue weighted by Crippen LogP contribution is -2.42. The molecule has 0 saturated carbocycles. The molecule has 1 atom stereocenters. The molecule has 0 aliphatic heterocycles. The molecule has 1 unspecified atom stereocenters. The lowest BCUT2D eigenvalue weighted by Gasteiger charge is -2.32. The molecule has 1 heterocycles. The van der Waals surface area contributed by atoms with Crippen molar-refractivity contribution in [1.82, 2.24) is 14.5 Å². The number of benzene rings is 1. The van der Waals surface area contributed by atoms with Crippen LogP contribution in [0.15, 0.2) is 29.1 Å². The number of alkyl halides is 1. The molecule has 0 bridgehead atoms. The molecule has 0 fully saturated rings. The summed E-state index contributed by atoms with van der Waals surface area (Å²) in [6.07, 6.45) is 0.810. The standard InChI is InChI=1S/C19H26ClN3O2/c1-6-11-23-16(13(2)22(5)18(25)19(3,4)12-20)21-15-10-8-7-9-14(15)17(23)24/h7-10,13H,6,11-12H2,1-5H3. The van der Waals surface area contributed by atoms with Crippen molar-refractivity contribution in [3.8, 4) is 0 Å². The van der Waals surface area contributed by atoms with Crippen LogP contribution in [0.2, 0.25) is 0 Å². The van der Waals surface area contributed by atoms with Gasteiger partial charge in [0.15, 0.2) is 0 Å². The van der Waals surface area contributed by atoms with E-state index in [4.69, 9.17) is 16.6 Å². The summed E-state index contributed by atoms with van der Waals surface area (Å²) < 4.78 is 1.68. The number of nitrogens with zero attached hydrogens (tertiary/aromatic N) is 3. The minimum atomic E-state index is -0.669. The number of carbonyl (C=O) groups excluding carboxylic acids is 1. The summed E-state index contributed by atoms with van der Waals surface area (Å²) >= 11 is 5.95. The lowest BCUT2D eigenvalue weighted by molar-refractivity contribution is -0.140. The Morgan fingerprint density at radius 1 is 1.36 bits per heavy atom. The van der Waals surface area contributed by atoms with E-state index < -0.39 is 5.41 Å². The van der Waals surface area contributed by atoms with E-state index in [1.165, 1.54) is 0 Å². The van der Waals surface area contributed by atoms with Gasteiger partial charge in [0.25, 0.3) is 5.56 Å². The smallest absolute Gasteiger partial charge is 0.261 e. The highest BCUT2D eigenvalue weighted by atomic mass is 35.5. The number of rotatable bonds is 6. The molecule has 1 amide bonds. The summed E-state index contributed by atoms with van der Waals surface area (Å²) in [7, 11) is 1.74. The van der Waals surface area contributed by atoms with Crippen LogP contribution in [-0.4, -0.2) is 33.3 Å². The number of carbonyl (C=O) groups is 1. The molecule has 2 rings (SSSR count). The van der Waals surface area contributed by atoms with Crippen LogP contribution in [0.25, 0.3) is 10.9 Å². The molecule has 2 aromatic rings. The average Bonchev–Trinajstić information content (AvgIpc) is 2.62. The van der Waals surface area contributed by atoms with Crippen molar-refractivity contribution >= 4 is 28.4 Å². The van der Waals surface area contributed by atoms with Gasteiger partial charge in [-0.2, -0.15) is 0 Å². The monoisotopic (exact) mass is 363 g/mol. The second kappa shape index (κ2) is 7.56. The Balaban J connectivity index is 2.57. The van der Waals surface area contributed by atoms with Crippen LogP contribution < -0.4 is 5.56 Å². The number of amides is 1. The first kappa shape index (κ1) is 19.4. The van der Waals surface area contributed by atoms with Crippen molar-refractivity contribution in [3.05, 3.63) is 40.4 Å². The van der Waals surface area contributed by atoms with Gasteiger partial charge in [-0.15, -0.1) is 11.6 Å². The van der Waals surface area contributed by atoms with Crippen molar-refractivity contribution in [1.29, 1.82) is 0 Å². The third kappa shape index (κ3) is 3.71. The summed E-state index contributed by atoms with van der Waals surface area (Å²) in [5, 5.41) is 0.599. The average molecular weight is 364 g/mol. The number of fused-ring (bicyclic) bond motifs is 1. The molecular formula is C19H26ClN3O2. The highest BCUT2D eigenvalue weighted by Gasteiger charge is 2.33. The first-order chi connectivity index (χ1) is 11.7. The Labute approximate surface area is 153 Å². The fraction of sp³-hybridized carbons (Fsp3) is 0.526. The third-order valence-electron chi connectivity index (χ3n) is 4.53. The van der Waals surface area contributed by atoms with Crippen molar-refractivity contribution < 1.29 is 4.79 Å². The molecule has 1 aromatic carbocycles. The van der Waals surface area contributed by atoms with E-state index in [1.807, 2.05) is 45.9 Å². The second-order valence-electron chi connectivity index (χ2n) is 7.05. The quantitative estimate of drug-likeness (QED) is 0.737. The van der Waals surface area contributed by atoms with Crippen molar-refractivity contribution in [2.75, 3.05) is 12.9 Å². The predicted octanol–water partition coefficient (Wildman–Crippen LogP) is 3.59. The Hall–Kier alpha value is -1.88. The van der Waals surface area contributed by atoms with E-state index in [0.717, 1.165) is 6.42 Å². The maximum Gasteiger partial charge on any atom is 0.261 e. The molecule has 0 saturated heterocycles. The Morgan fingerprint density at radius 3 is 2.60 bits per heavy atom. The minimum Gasteiger partial charge on any atom is -0.335 e. The van der Waals surface area contributed by atoms with Crippen LogP contribution in [0.5, 0.6) is 0 Å². The number of aromatic nitrogens is 2. The molecule has 5 nitrogen and oxygen atoms in total. The Kier molecular flexibility index (Phi) is 5.88. The van der Waals surface area contributed by atoms with Gasteiger partial charge in [0, 0.05) is 19.5 Å². The van der Waals surface area contributed by atoms with Crippen LogP contribution in [0, 0.1) is 5.41 Å². The van der Waals surface area contributed by atoms with Crippen molar-refractivity contribution in [3.63, 3.8) is 0 Å². The summed E-state index contributed by atoms with van der Waals surface area (Å²) in [6.45, 7) is 8.11. The maximum absolute atomic E-state index is 12.9. The van der Waals surface area contributed by atoms with Gasteiger partial charge in [-0.05, 0) is 39.3 Å². The summed E-state index contributed by atoms with van der Waals surface area (Å²) in [4.78, 5) is 32.0. The fourth-order valence-electron chi connectivity index (χ4n) is 2.83. The van der Waals surface area contributed by atoms with E-state index in [2.05, 4.69) is 0 Å². The van der Waals surface area contributed by atoms with Gasteiger partial charge < -0.3 is 4.90 Å². The highest BCUT2D eigenvalue weighted by molar-refractivity contribution is 6.19. The maximum atomic E-state index is 12.9. The summed E-state index contributed by atoms with van der Waals surface area (Å²) in [5.74, 6) is 0.766. The van der Waals surface area contributed by atoms with Gasteiger partial charge in [0.1, 0.15) is 5.82 Å². The van der Waals surface area contributed by atoms with Crippen LogP contribution >= 0.6 is 11.6 Å². The third-order valence-corrected chi connectivity index (χ3v) is 5.19. The van der Waals surface area contributed by atoms with Crippen LogP contribution in [0.4, 0.5) is 0 Å². The molecular weight excluding hydrogens is 338 g/mol. The molecule has 1 aromatic heterocycles. The largest absolute Gasteiger partial charge is 0.335 e. The number of para-hydroxylation sites is 1. The van der Waals surface area contributed by atoms with E-state index >= 15 is 0 Å². The second-order valence-corrected chi connectivity index (χ2v) is 7.32. The zero-order valence-electron chi connectivity index (χ0n) is 15.5. The minimum absolute atomic E-state index is 0.0632. The van der Waals surface area contributed by atoms with Crippen molar-refractivity contribution in [2.24, 2.45) is 5.41 Å². The Morgan fingerprint density at radius 2 is 2.00 bits per heavy atom. The molecule has 25 heavy (non-hydrogen) atoms. The first-order valence-corrected chi connectivity index (χ1v) is 9.10. The van der Waals surface area contributed by atoms with Crippen LogP contribution in [0.3, 0.4) is 0 Å².